The summed E-state index contributed by atoms with van der Waals surface area (Å²) in [4.78, 5) is 4.87. The summed E-state index contributed by atoms with van der Waals surface area (Å²) in [5, 5.41) is 3.56. The topological polar surface area (TPSA) is 27.7 Å². The number of aryl methyl sites for hydroxylation is 1. The Morgan fingerprint density at radius 2 is 2.04 bits per heavy atom. The van der Waals surface area contributed by atoms with Crippen LogP contribution in [0.3, 0.4) is 0 Å². The lowest BCUT2D eigenvalue weighted by Gasteiger charge is -2.40. The molecule has 0 spiro atoms. The normalized spacial score (nSPS) is 16.4. The number of hydrogen-bond donors (Lipinski definition) is 1. The summed E-state index contributed by atoms with van der Waals surface area (Å²) in [6.07, 6.45) is 8.70. The largest absolute Gasteiger partial charge is 0.497 e. The molecule has 1 aromatic rings. The number of rotatable bonds is 9. The fourth-order valence-electron chi connectivity index (χ4n) is 3.68. The molecule has 0 radical (unpaired) electrons. The zero-order valence-corrected chi connectivity index (χ0v) is 18.3. The molecule has 1 saturated heterocycles. The van der Waals surface area contributed by atoms with E-state index in [-0.39, 0.29) is 0 Å². The van der Waals surface area contributed by atoms with Gasteiger partial charge in [0.2, 0.25) is 0 Å². The Hall–Kier alpha value is -2.20. The van der Waals surface area contributed by atoms with Crippen molar-refractivity contribution in [1.82, 2.24) is 15.1 Å². The van der Waals surface area contributed by atoms with Crippen molar-refractivity contribution in [2.24, 2.45) is 0 Å². The van der Waals surface area contributed by atoms with E-state index in [0.717, 1.165) is 50.6 Å². The molecule has 1 fully saturated rings. The average molecular weight is 384 g/mol. The number of ether oxygens (including phenoxy) is 1. The van der Waals surface area contributed by atoms with Gasteiger partial charge in [0.15, 0.2) is 0 Å². The molecule has 1 N–H and O–H groups in total. The molecule has 1 aromatic carbocycles. The molecule has 154 valence electrons. The van der Waals surface area contributed by atoms with Gasteiger partial charge >= 0.3 is 0 Å². The predicted octanol–water partition coefficient (Wildman–Crippen LogP) is 4.48. The Kier molecular flexibility index (Phi) is 8.65. The number of benzene rings is 1. The first-order valence-electron chi connectivity index (χ1n) is 10.3. The van der Waals surface area contributed by atoms with Crippen LogP contribution in [0.4, 0.5) is 0 Å². The molecular weight excluding hydrogens is 346 g/mol. The number of allylic oxidation sites excluding steroid dienone is 2. The summed E-state index contributed by atoms with van der Waals surface area (Å²) in [5.41, 5.74) is 3.85. The molecule has 0 atom stereocenters. The van der Waals surface area contributed by atoms with Gasteiger partial charge in [-0.3, -0.25) is 0 Å². The van der Waals surface area contributed by atoms with Gasteiger partial charge in [-0.05, 0) is 82.6 Å². The highest BCUT2D eigenvalue weighted by Gasteiger charge is 2.24. The number of methoxy groups -OCH3 is 1. The molecule has 0 saturated carbocycles. The zero-order valence-electron chi connectivity index (χ0n) is 18.3. The Morgan fingerprint density at radius 1 is 1.32 bits per heavy atom. The Balaban J connectivity index is 2.15. The summed E-state index contributed by atoms with van der Waals surface area (Å²) in [7, 11) is 3.92. The summed E-state index contributed by atoms with van der Waals surface area (Å²) in [6.45, 7) is 14.6. The summed E-state index contributed by atoms with van der Waals surface area (Å²) >= 11 is 0. The number of likely N-dealkylation sites (tertiary alicyclic amines) is 1. The van der Waals surface area contributed by atoms with E-state index in [1.807, 2.05) is 0 Å². The summed E-state index contributed by atoms with van der Waals surface area (Å²) in [5.74, 6) is 1.92. The lowest BCUT2D eigenvalue weighted by atomic mass is 10.0. The number of hydrogen-bond acceptors (Lipinski definition) is 4. The molecule has 1 aliphatic heterocycles. The molecule has 4 nitrogen and oxygen atoms in total. The average Bonchev–Trinajstić information content (AvgIpc) is 2.70. The van der Waals surface area contributed by atoms with E-state index < -0.39 is 0 Å². The first kappa shape index (κ1) is 22.1. The molecule has 1 aliphatic rings. The Labute approximate surface area is 171 Å². The van der Waals surface area contributed by atoms with Gasteiger partial charge in [0, 0.05) is 19.1 Å². The van der Waals surface area contributed by atoms with Crippen LogP contribution in [-0.2, 0) is 6.54 Å². The minimum Gasteiger partial charge on any atom is -0.497 e. The second-order valence-corrected chi connectivity index (χ2v) is 7.62. The van der Waals surface area contributed by atoms with E-state index in [0.29, 0.717) is 6.04 Å². The van der Waals surface area contributed by atoms with Gasteiger partial charge in [0.25, 0.3) is 0 Å². The molecule has 0 bridgehead atoms. The van der Waals surface area contributed by atoms with E-state index in [1.54, 1.807) is 7.11 Å². The third-order valence-corrected chi connectivity index (χ3v) is 5.61. The van der Waals surface area contributed by atoms with Crippen LogP contribution < -0.4 is 10.1 Å². The van der Waals surface area contributed by atoms with Crippen LogP contribution in [0.1, 0.15) is 37.8 Å². The van der Waals surface area contributed by atoms with Crippen LogP contribution in [0.2, 0.25) is 0 Å². The highest BCUT2D eigenvalue weighted by Crippen LogP contribution is 2.24. The maximum atomic E-state index is 5.37. The molecule has 0 aromatic heterocycles. The number of nitrogens with zero attached hydrogens (tertiary/aromatic N) is 2. The van der Waals surface area contributed by atoms with Gasteiger partial charge in [-0.1, -0.05) is 30.9 Å². The molecule has 2 rings (SSSR count). The van der Waals surface area contributed by atoms with Crippen LogP contribution in [0.5, 0.6) is 5.75 Å². The minimum absolute atomic E-state index is 0.508. The summed E-state index contributed by atoms with van der Waals surface area (Å²) in [6, 6.07) is 6.85. The minimum atomic E-state index is 0.508. The SMILES string of the molecule is C=C(NCC(/C=C\C)=C/C)N(Cc1ccc(OC)cc1C)C1CCN(C)CC1. The predicted molar refractivity (Wildman–Crippen MR) is 120 cm³/mol. The third-order valence-electron chi connectivity index (χ3n) is 5.61. The van der Waals surface area contributed by atoms with Gasteiger partial charge in [-0.2, -0.15) is 0 Å². The van der Waals surface area contributed by atoms with Crippen molar-refractivity contribution in [3.8, 4) is 5.75 Å². The van der Waals surface area contributed by atoms with Crippen molar-refractivity contribution < 1.29 is 4.74 Å². The first-order valence-corrected chi connectivity index (χ1v) is 10.3. The standard InChI is InChI=1S/C24H37N3O/c1-7-9-21(8-2)17-25-20(4)27(23-12-14-26(5)15-13-23)18-22-10-11-24(28-6)16-19(22)3/h7-11,16,23,25H,4,12-15,17-18H2,1-3,5-6H3/b9-7-,21-8+. The second-order valence-electron chi connectivity index (χ2n) is 7.62. The van der Waals surface area contributed by atoms with Gasteiger partial charge in [0.1, 0.15) is 5.75 Å². The van der Waals surface area contributed by atoms with Crippen molar-refractivity contribution in [1.29, 1.82) is 0 Å². The highest BCUT2D eigenvalue weighted by atomic mass is 16.5. The molecule has 1 heterocycles. The lowest BCUT2D eigenvalue weighted by molar-refractivity contribution is 0.138. The van der Waals surface area contributed by atoms with Gasteiger partial charge < -0.3 is 19.9 Å². The van der Waals surface area contributed by atoms with Crippen molar-refractivity contribution in [3.63, 3.8) is 0 Å². The maximum absolute atomic E-state index is 5.37. The molecule has 4 heteroatoms. The van der Waals surface area contributed by atoms with Gasteiger partial charge in [-0.15, -0.1) is 0 Å². The third kappa shape index (κ3) is 6.16. The molecule has 0 unspecified atom stereocenters. The lowest BCUT2D eigenvalue weighted by Crippen LogP contribution is -2.45. The van der Waals surface area contributed by atoms with E-state index in [4.69, 9.17) is 4.74 Å². The van der Waals surface area contributed by atoms with Crippen molar-refractivity contribution in [3.05, 3.63) is 65.5 Å². The quantitative estimate of drug-likeness (QED) is 0.636. The van der Waals surface area contributed by atoms with Gasteiger partial charge in [0.05, 0.1) is 12.9 Å². The fraction of sp³-hybridized carbons (Fsp3) is 0.500. The van der Waals surface area contributed by atoms with Crippen LogP contribution in [0.15, 0.2) is 54.4 Å². The van der Waals surface area contributed by atoms with Crippen LogP contribution in [-0.4, -0.2) is 49.6 Å². The number of piperidine rings is 1. The van der Waals surface area contributed by atoms with E-state index in [1.165, 1.54) is 16.7 Å². The molecule has 28 heavy (non-hydrogen) atoms. The first-order chi connectivity index (χ1) is 13.5. The fourth-order valence-corrected chi connectivity index (χ4v) is 3.68. The Morgan fingerprint density at radius 3 is 2.61 bits per heavy atom. The Bertz CT molecular complexity index is 700. The van der Waals surface area contributed by atoms with Crippen LogP contribution in [0, 0.1) is 6.92 Å². The van der Waals surface area contributed by atoms with E-state index in [9.17, 15) is 0 Å². The summed E-state index contributed by atoms with van der Waals surface area (Å²) < 4.78 is 5.37. The van der Waals surface area contributed by atoms with Gasteiger partial charge in [-0.25, -0.2) is 0 Å². The van der Waals surface area contributed by atoms with Crippen molar-refractivity contribution in [2.75, 3.05) is 33.8 Å². The molecular formula is C24H37N3O. The monoisotopic (exact) mass is 383 g/mol. The maximum Gasteiger partial charge on any atom is 0.119 e. The second kappa shape index (κ2) is 11.0. The van der Waals surface area contributed by atoms with Crippen molar-refractivity contribution in [2.45, 2.75) is 46.2 Å². The highest BCUT2D eigenvalue weighted by molar-refractivity contribution is 5.35. The molecule has 0 amide bonds. The zero-order chi connectivity index (χ0) is 20.5. The smallest absolute Gasteiger partial charge is 0.119 e. The van der Waals surface area contributed by atoms with Crippen LogP contribution >= 0.6 is 0 Å². The van der Waals surface area contributed by atoms with E-state index >= 15 is 0 Å². The van der Waals surface area contributed by atoms with E-state index in [2.05, 4.69) is 85.9 Å². The molecule has 0 aliphatic carbocycles. The van der Waals surface area contributed by atoms with Crippen LogP contribution in [0.25, 0.3) is 0 Å². The van der Waals surface area contributed by atoms with Crippen molar-refractivity contribution >= 4 is 0 Å². The number of nitrogens with one attached hydrogen (secondary N) is 1.